The molecule has 1 aromatic carbocycles. The van der Waals surface area contributed by atoms with Gasteiger partial charge in [0, 0.05) is 10.8 Å². The highest BCUT2D eigenvalue weighted by molar-refractivity contribution is 8.00. The van der Waals surface area contributed by atoms with Gasteiger partial charge >= 0.3 is 5.97 Å². The van der Waals surface area contributed by atoms with E-state index < -0.39 is 29.2 Å². The van der Waals surface area contributed by atoms with Gasteiger partial charge in [-0.25, -0.2) is 4.79 Å². The molecule has 0 radical (unpaired) electrons. The third-order valence-corrected chi connectivity index (χ3v) is 5.54. The number of carboxylic acid groups (broad SMARTS) is 1. The van der Waals surface area contributed by atoms with Crippen LogP contribution in [0, 0.1) is 0 Å². The van der Waals surface area contributed by atoms with Crippen LogP contribution < -0.4 is 10.1 Å². The largest absolute Gasteiger partial charge is 0.484 e. The first-order chi connectivity index (χ1) is 11.9. The van der Waals surface area contributed by atoms with Crippen molar-refractivity contribution in [3.63, 3.8) is 0 Å². The molecule has 2 aliphatic heterocycles. The van der Waals surface area contributed by atoms with E-state index in [-0.39, 0.29) is 12.3 Å². The Morgan fingerprint density at radius 2 is 2.08 bits per heavy atom. The Balaban J connectivity index is 1.58. The summed E-state index contributed by atoms with van der Waals surface area (Å²) in [5.41, 5.74) is 0.648. The number of hydrogen-bond donors (Lipinski definition) is 2. The van der Waals surface area contributed by atoms with Gasteiger partial charge in [-0.3, -0.25) is 14.5 Å². The number of benzene rings is 1. The zero-order chi connectivity index (χ0) is 18.1. The van der Waals surface area contributed by atoms with Crippen molar-refractivity contribution < 1.29 is 24.2 Å². The molecule has 132 valence electrons. The van der Waals surface area contributed by atoms with E-state index in [4.69, 9.17) is 16.3 Å². The quantitative estimate of drug-likeness (QED) is 0.749. The number of rotatable bonds is 5. The van der Waals surface area contributed by atoms with Crippen LogP contribution in [0.2, 0.25) is 5.02 Å². The zero-order valence-corrected chi connectivity index (χ0v) is 14.8. The molecule has 0 aromatic heterocycles. The summed E-state index contributed by atoms with van der Waals surface area (Å²) in [5.74, 6) is -1.01. The summed E-state index contributed by atoms with van der Waals surface area (Å²) in [5, 5.41) is 12.0. The Bertz CT molecular complexity index is 764. The number of nitrogens with zero attached hydrogens (tertiary/aromatic N) is 1. The topological polar surface area (TPSA) is 95.9 Å². The molecule has 2 heterocycles. The highest BCUT2D eigenvalue weighted by atomic mass is 35.5. The normalized spacial score (nSPS) is 22.2. The number of ether oxygens (including phenoxy) is 1. The number of carbonyl (C=O) groups excluding carboxylic acids is 2. The molecule has 3 rings (SSSR count). The van der Waals surface area contributed by atoms with E-state index in [0.717, 1.165) is 0 Å². The van der Waals surface area contributed by atoms with E-state index >= 15 is 0 Å². The fourth-order valence-corrected chi connectivity index (χ4v) is 4.09. The average molecular weight is 383 g/mol. The number of amides is 2. The van der Waals surface area contributed by atoms with E-state index in [1.165, 1.54) is 16.7 Å². The van der Waals surface area contributed by atoms with Crippen molar-refractivity contribution in [1.29, 1.82) is 0 Å². The Hall–Kier alpha value is -2.19. The van der Waals surface area contributed by atoms with Crippen LogP contribution in [0.15, 0.2) is 35.5 Å². The average Bonchev–Trinajstić information content (AvgIpc) is 2.58. The standard InChI is InChI=1S/C16H15ClN2O5S/c1-8-7-25-15-12(14(21)19(15)13(8)16(22)23)18-11(20)6-24-10-4-2-9(17)3-5-10/h2-5,12,15H,6-7H2,1H3,(H,18,20)(H,22,23)/t12?,15-/m0/s1. The van der Waals surface area contributed by atoms with Crippen LogP contribution in [-0.4, -0.2) is 51.6 Å². The highest BCUT2D eigenvalue weighted by Gasteiger charge is 2.53. The van der Waals surface area contributed by atoms with Crippen LogP contribution in [0.25, 0.3) is 0 Å². The van der Waals surface area contributed by atoms with Gasteiger partial charge in [-0.05, 0) is 36.8 Å². The first-order valence-electron chi connectivity index (χ1n) is 7.44. The molecule has 1 saturated heterocycles. The van der Waals surface area contributed by atoms with Crippen molar-refractivity contribution >= 4 is 41.1 Å². The summed E-state index contributed by atoms with van der Waals surface area (Å²) in [4.78, 5) is 36.8. The van der Waals surface area contributed by atoms with Crippen molar-refractivity contribution in [2.75, 3.05) is 12.4 Å². The lowest BCUT2D eigenvalue weighted by atomic mass is 10.0. The maximum Gasteiger partial charge on any atom is 0.352 e. The minimum Gasteiger partial charge on any atom is -0.484 e. The van der Waals surface area contributed by atoms with Crippen LogP contribution >= 0.6 is 23.4 Å². The Morgan fingerprint density at radius 3 is 2.72 bits per heavy atom. The fraction of sp³-hybridized carbons (Fsp3) is 0.312. The molecule has 2 aliphatic rings. The zero-order valence-electron chi connectivity index (χ0n) is 13.2. The van der Waals surface area contributed by atoms with Crippen LogP contribution in [0.1, 0.15) is 6.92 Å². The SMILES string of the molecule is CC1=C(C(=O)O)N2C(=O)C(NC(=O)COc3ccc(Cl)cc3)[C@@H]2SC1. The first kappa shape index (κ1) is 17.6. The lowest BCUT2D eigenvalue weighted by molar-refractivity contribution is -0.150. The third kappa shape index (κ3) is 3.45. The second-order valence-corrected chi connectivity index (χ2v) is 7.17. The first-order valence-corrected chi connectivity index (χ1v) is 8.86. The van der Waals surface area contributed by atoms with Gasteiger partial charge in [0.25, 0.3) is 11.8 Å². The highest BCUT2D eigenvalue weighted by Crippen LogP contribution is 2.40. The third-order valence-electron chi connectivity index (χ3n) is 3.86. The Labute approximate surface area is 153 Å². The predicted octanol–water partition coefficient (Wildman–Crippen LogP) is 1.48. The van der Waals surface area contributed by atoms with Crippen molar-refractivity contribution in [2.45, 2.75) is 18.3 Å². The molecule has 1 unspecified atom stereocenters. The number of carbonyl (C=O) groups is 3. The van der Waals surface area contributed by atoms with E-state index in [0.29, 0.717) is 22.1 Å². The summed E-state index contributed by atoms with van der Waals surface area (Å²) in [6.45, 7) is 1.44. The minimum atomic E-state index is -1.13. The van der Waals surface area contributed by atoms with Crippen LogP contribution in [0.3, 0.4) is 0 Å². The molecular formula is C16H15ClN2O5S. The van der Waals surface area contributed by atoms with Crippen molar-refractivity contribution in [3.05, 3.63) is 40.6 Å². The number of carboxylic acids is 1. The van der Waals surface area contributed by atoms with E-state index in [1.807, 2.05) is 0 Å². The lowest BCUT2D eigenvalue weighted by Gasteiger charge is -2.49. The van der Waals surface area contributed by atoms with Gasteiger partial charge in [-0.15, -0.1) is 11.8 Å². The Morgan fingerprint density at radius 1 is 1.40 bits per heavy atom. The smallest absolute Gasteiger partial charge is 0.352 e. The number of fused-ring (bicyclic) bond motifs is 1. The van der Waals surface area contributed by atoms with Gasteiger partial charge in [-0.2, -0.15) is 0 Å². The summed E-state index contributed by atoms with van der Waals surface area (Å²) < 4.78 is 5.33. The van der Waals surface area contributed by atoms with Gasteiger partial charge in [0.15, 0.2) is 6.61 Å². The van der Waals surface area contributed by atoms with Gasteiger partial charge in [0.2, 0.25) is 0 Å². The minimum absolute atomic E-state index is 0.0108. The monoisotopic (exact) mass is 382 g/mol. The maximum absolute atomic E-state index is 12.2. The number of aliphatic carboxylic acids is 1. The molecular weight excluding hydrogens is 368 g/mol. The number of halogens is 1. The van der Waals surface area contributed by atoms with Crippen LogP contribution in [0.5, 0.6) is 5.75 Å². The second-order valence-electron chi connectivity index (χ2n) is 5.63. The fourth-order valence-electron chi connectivity index (χ4n) is 2.67. The number of hydrogen-bond acceptors (Lipinski definition) is 5. The van der Waals surface area contributed by atoms with E-state index in [1.54, 1.807) is 31.2 Å². The van der Waals surface area contributed by atoms with Gasteiger partial charge in [0.05, 0.1) is 0 Å². The number of thioether (sulfide) groups is 1. The molecule has 0 saturated carbocycles. The Kier molecular flexibility index (Phi) is 4.91. The van der Waals surface area contributed by atoms with Crippen LogP contribution in [0.4, 0.5) is 0 Å². The maximum atomic E-state index is 12.2. The summed E-state index contributed by atoms with van der Waals surface area (Å²) in [6.07, 6.45) is 0. The van der Waals surface area contributed by atoms with E-state index in [2.05, 4.69) is 5.32 Å². The van der Waals surface area contributed by atoms with Crippen LogP contribution in [-0.2, 0) is 14.4 Å². The number of nitrogens with one attached hydrogen (secondary N) is 1. The summed E-state index contributed by atoms with van der Waals surface area (Å²) >= 11 is 7.20. The van der Waals surface area contributed by atoms with Gasteiger partial charge in [-0.1, -0.05) is 11.6 Å². The predicted molar refractivity (Wildman–Crippen MR) is 92.3 cm³/mol. The molecule has 1 aromatic rings. The second kappa shape index (κ2) is 6.97. The van der Waals surface area contributed by atoms with Crippen molar-refractivity contribution in [2.24, 2.45) is 0 Å². The van der Waals surface area contributed by atoms with Crippen molar-refractivity contribution in [3.8, 4) is 5.75 Å². The molecule has 1 fully saturated rings. The molecule has 25 heavy (non-hydrogen) atoms. The molecule has 2 amide bonds. The van der Waals surface area contributed by atoms with Gasteiger partial charge in [0.1, 0.15) is 22.9 Å². The molecule has 0 spiro atoms. The summed E-state index contributed by atoms with van der Waals surface area (Å²) in [7, 11) is 0. The molecule has 2 atom stereocenters. The summed E-state index contributed by atoms with van der Waals surface area (Å²) in [6, 6.07) is 5.81. The molecule has 0 bridgehead atoms. The van der Waals surface area contributed by atoms with Gasteiger partial charge < -0.3 is 15.2 Å². The molecule has 7 nitrogen and oxygen atoms in total. The van der Waals surface area contributed by atoms with E-state index in [9.17, 15) is 19.5 Å². The number of β-lactam (4-membered cyclic amide) rings is 1. The molecule has 2 N–H and O–H groups in total. The molecule has 0 aliphatic carbocycles. The lowest BCUT2D eigenvalue weighted by Crippen LogP contribution is -2.70. The molecule has 9 heteroatoms. The van der Waals surface area contributed by atoms with Crippen molar-refractivity contribution in [1.82, 2.24) is 10.2 Å².